The fourth-order valence-corrected chi connectivity index (χ4v) is 3.38. The van der Waals surface area contributed by atoms with Crippen LogP contribution in [0.25, 0.3) is 11.2 Å². The van der Waals surface area contributed by atoms with E-state index in [4.69, 9.17) is 10.5 Å². The Morgan fingerprint density at radius 1 is 1.31 bits per heavy atom. The van der Waals surface area contributed by atoms with Gasteiger partial charge >= 0.3 is 0 Å². The summed E-state index contributed by atoms with van der Waals surface area (Å²) >= 11 is 0. The highest BCUT2D eigenvalue weighted by Gasteiger charge is 2.47. The summed E-state index contributed by atoms with van der Waals surface area (Å²) in [5.74, 6) is 5.27. The number of hydrogen-bond acceptors (Lipinski definition) is 9. The van der Waals surface area contributed by atoms with E-state index in [1.165, 1.54) is 10.9 Å². The van der Waals surface area contributed by atoms with Crippen molar-refractivity contribution in [2.45, 2.75) is 31.5 Å². The average molecular weight is 436 g/mol. The topological polar surface area (TPSA) is 165 Å². The number of ether oxygens (including phenoxy) is 1. The molecule has 1 aromatic carbocycles. The monoisotopic (exact) mass is 436 g/mol. The van der Waals surface area contributed by atoms with Gasteiger partial charge in [-0.3, -0.25) is 14.2 Å². The van der Waals surface area contributed by atoms with Crippen LogP contribution in [-0.4, -0.2) is 66.8 Å². The Bertz CT molecular complexity index is 1250. The number of rotatable bonds is 4. The number of anilines is 1. The van der Waals surface area contributed by atoms with Gasteiger partial charge in [-0.1, -0.05) is 18.1 Å². The normalized spacial score (nSPS) is 22.3. The number of imidazole rings is 1. The Labute approximate surface area is 182 Å². The second-order valence-corrected chi connectivity index (χ2v) is 7.07. The van der Waals surface area contributed by atoms with Gasteiger partial charge in [0.2, 0.25) is 5.82 Å². The minimum atomic E-state index is -1.44. The summed E-state index contributed by atoms with van der Waals surface area (Å²) in [7, 11) is 0. The molecule has 11 nitrogen and oxygen atoms in total. The van der Waals surface area contributed by atoms with E-state index in [2.05, 4.69) is 32.1 Å². The third-order valence-electron chi connectivity index (χ3n) is 4.91. The molecule has 164 valence electrons. The summed E-state index contributed by atoms with van der Waals surface area (Å²) in [6, 6.07) is 6.72. The van der Waals surface area contributed by atoms with Gasteiger partial charge in [0, 0.05) is 17.7 Å². The molecule has 3 heterocycles. The summed E-state index contributed by atoms with van der Waals surface area (Å²) in [5.41, 5.74) is 7.55. The molecule has 1 aliphatic rings. The molecule has 4 rings (SSSR count). The molecule has 1 fully saturated rings. The van der Waals surface area contributed by atoms with Gasteiger partial charge in [0.05, 0.1) is 6.33 Å². The van der Waals surface area contributed by atoms with Crippen LogP contribution in [0.15, 0.2) is 30.6 Å². The van der Waals surface area contributed by atoms with Crippen LogP contribution < -0.4 is 11.1 Å². The minimum Gasteiger partial charge on any atom is -0.387 e. The molecule has 3 aromatic rings. The standard InChI is InChI=1S/C21H20N6O5/c1-2-23-20(31)17-15(29)16(30)21(32-17)27-10-24-14-18(22)25-13(26-19(14)27)7-6-11-4-3-5-12(8-11)9-28/h3-5,8-10,15-17,21,29-30H,2H2,1H3,(H,23,31)(H2,22,25,26)/t15-,16+,17-,21?/m0/s1. The van der Waals surface area contributed by atoms with E-state index >= 15 is 0 Å². The molecule has 0 spiro atoms. The summed E-state index contributed by atoms with van der Waals surface area (Å²) in [6.45, 7) is 2.08. The van der Waals surface area contributed by atoms with Gasteiger partial charge in [-0.05, 0) is 25.0 Å². The average Bonchev–Trinajstić information content (AvgIpc) is 3.34. The first-order valence-corrected chi connectivity index (χ1v) is 9.79. The maximum atomic E-state index is 12.1. The zero-order chi connectivity index (χ0) is 22.8. The molecule has 1 aliphatic heterocycles. The van der Waals surface area contributed by atoms with Gasteiger partial charge < -0.3 is 26.0 Å². The van der Waals surface area contributed by atoms with Crippen molar-refractivity contribution < 1.29 is 24.5 Å². The van der Waals surface area contributed by atoms with Crippen LogP contribution in [0, 0.1) is 11.8 Å². The summed E-state index contributed by atoms with van der Waals surface area (Å²) < 4.78 is 7.00. The number of carbonyl (C=O) groups is 2. The summed E-state index contributed by atoms with van der Waals surface area (Å²) in [5, 5.41) is 23.3. The number of nitrogens with zero attached hydrogens (tertiary/aromatic N) is 4. The summed E-state index contributed by atoms with van der Waals surface area (Å²) in [6.07, 6.45) is -3.16. The molecule has 11 heteroatoms. The Balaban J connectivity index is 1.69. The van der Waals surface area contributed by atoms with Gasteiger partial charge in [0.1, 0.15) is 24.0 Å². The second-order valence-electron chi connectivity index (χ2n) is 7.07. The lowest BCUT2D eigenvalue weighted by Crippen LogP contribution is -2.42. The van der Waals surface area contributed by atoms with Gasteiger partial charge in [0.15, 0.2) is 23.8 Å². The molecule has 4 atom stereocenters. The lowest BCUT2D eigenvalue weighted by molar-refractivity contribution is -0.137. The first kappa shape index (κ1) is 21.4. The molecule has 1 amide bonds. The van der Waals surface area contributed by atoms with E-state index < -0.39 is 30.4 Å². The van der Waals surface area contributed by atoms with Gasteiger partial charge in [-0.2, -0.15) is 0 Å². The quantitative estimate of drug-likeness (QED) is 0.308. The lowest BCUT2D eigenvalue weighted by atomic mass is 10.1. The third-order valence-corrected chi connectivity index (χ3v) is 4.91. The van der Waals surface area contributed by atoms with Crippen LogP contribution >= 0.6 is 0 Å². The molecule has 32 heavy (non-hydrogen) atoms. The predicted molar refractivity (Wildman–Crippen MR) is 112 cm³/mol. The number of aromatic nitrogens is 4. The SMILES string of the molecule is CCNC(=O)[C@H]1OC(n2cnc3c(N)nc(C#Cc4cccc(C=O)c4)nc32)[C@H](O)[C@@H]1O. The number of likely N-dealkylation sites (N-methyl/N-ethyl adjacent to an activating group) is 1. The van der Waals surface area contributed by atoms with E-state index in [1.807, 2.05) is 0 Å². The number of hydrogen-bond donors (Lipinski definition) is 4. The largest absolute Gasteiger partial charge is 0.387 e. The van der Waals surface area contributed by atoms with Crippen LogP contribution in [0.4, 0.5) is 5.82 Å². The molecule has 2 aromatic heterocycles. The van der Waals surface area contributed by atoms with Crippen molar-refractivity contribution >= 4 is 29.2 Å². The van der Waals surface area contributed by atoms with Crippen molar-refractivity contribution in [3.63, 3.8) is 0 Å². The fraction of sp³-hybridized carbons (Fsp3) is 0.286. The molecular formula is C21H20N6O5. The Morgan fingerprint density at radius 2 is 2.12 bits per heavy atom. The van der Waals surface area contributed by atoms with Crippen molar-refractivity contribution in [3.8, 4) is 11.8 Å². The van der Waals surface area contributed by atoms with Crippen LogP contribution in [-0.2, 0) is 9.53 Å². The summed E-state index contributed by atoms with van der Waals surface area (Å²) in [4.78, 5) is 35.7. The van der Waals surface area contributed by atoms with Gasteiger partial charge in [-0.15, -0.1) is 0 Å². The van der Waals surface area contributed by atoms with Crippen molar-refractivity contribution in [1.82, 2.24) is 24.8 Å². The number of aliphatic hydroxyl groups excluding tert-OH is 2. The van der Waals surface area contributed by atoms with Crippen molar-refractivity contribution in [3.05, 3.63) is 47.5 Å². The number of aldehydes is 1. The first-order valence-electron chi connectivity index (χ1n) is 9.79. The molecule has 0 bridgehead atoms. The maximum Gasteiger partial charge on any atom is 0.252 e. The van der Waals surface area contributed by atoms with Crippen molar-refractivity contribution in [2.24, 2.45) is 0 Å². The number of benzene rings is 1. The number of nitrogens with two attached hydrogens (primary N) is 1. The zero-order valence-corrected chi connectivity index (χ0v) is 17.0. The highest BCUT2D eigenvalue weighted by atomic mass is 16.6. The molecule has 1 saturated heterocycles. The Hall–Kier alpha value is -3.85. The fourth-order valence-electron chi connectivity index (χ4n) is 3.38. The minimum absolute atomic E-state index is 0.0630. The van der Waals surface area contributed by atoms with Crippen LogP contribution in [0.3, 0.4) is 0 Å². The molecule has 5 N–H and O–H groups in total. The molecule has 0 radical (unpaired) electrons. The zero-order valence-electron chi connectivity index (χ0n) is 17.0. The lowest BCUT2D eigenvalue weighted by Gasteiger charge is -2.16. The predicted octanol–water partition coefficient (Wildman–Crippen LogP) is -0.624. The molecule has 1 unspecified atom stereocenters. The highest BCUT2D eigenvalue weighted by Crippen LogP contribution is 2.32. The Morgan fingerprint density at radius 3 is 2.88 bits per heavy atom. The number of carbonyl (C=O) groups excluding carboxylic acids is 2. The molecule has 0 aliphatic carbocycles. The number of nitrogen functional groups attached to an aromatic ring is 1. The number of nitrogens with one attached hydrogen (secondary N) is 1. The van der Waals surface area contributed by atoms with E-state index in [-0.39, 0.29) is 22.8 Å². The van der Waals surface area contributed by atoms with Crippen LogP contribution in [0.1, 0.15) is 34.9 Å². The van der Waals surface area contributed by atoms with E-state index in [0.29, 0.717) is 17.7 Å². The van der Waals surface area contributed by atoms with Crippen molar-refractivity contribution in [1.29, 1.82) is 0 Å². The van der Waals surface area contributed by atoms with E-state index in [9.17, 15) is 19.8 Å². The third kappa shape index (κ3) is 3.90. The van der Waals surface area contributed by atoms with Crippen molar-refractivity contribution in [2.75, 3.05) is 12.3 Å². The van der Waals surface area contributed by atoms with E-state index in [0.717, 1.165) is 6.29 Å². The van der Waals surface area contributed by atoms with Crippen LogP contribution in [0.2, 0.25) is 0 Å². The number of amides is 1. The van der Waals surface area contributed by atoms with E-state index in [1.54, 1.807) is 31.2 Å². The molecule has 0 saturated carbocycles. The van der Waals surface area contributed by atoms with Crippen LogP contribution in [0.5, 0.6) is 0 Å². The van der Waals surface area contributed by atoms with Gasteiger partial charge in [0.25, 0.3) is 5.91 Å². The second kappa shape index (κ2) is 8.72. The first-order chi connectivity index (χ1) is 15.4. The Kier molecular flexibility index (Phi) is 5.83. The highest BCUT2D eigenvalue weighted by molar-refractivity contribution is 5.83. The number of aliphatic hydroxyl groups is 2. The van der Waals surface area contributed by atoms with Gasteiger partial charge in [-0.25, -0.2) is 15.0 Å². The maximum absolute atomic E-state index is 12.1. The smallest absolute Gasteiger partial charge is 0.252 e. The molecular weight excluding hydrogens is 416 g/mol. The number of fused-ring (bicyclic) bond motifs is 1.